The second-order valence-corrected chi connectivity index (χ2v) is 8.77. The first-order valence-corrected chi connectivity index (χ1v) is 10.4. The van der Waals surface area contributed by atoms with Crippen molar-refractivity contribution in [3.8, 4) is 0 Å². The Morgan fingerprint density at radius 1 is 1.18 bits per heavy atom. The van der Waals surface area contributed by atoms with Gasteiger partial charge >= 0.3 is 0 Å². The quantitative estimate of drug-likeness (QED) is 0.748. The number of likely N-dealkylation sites (tertiary alicyclic amines) is 1. The van der Waals surface area contributed by atoms with Crippen LogP contribution in [-0.2, 0) is 4.79 Å². The molecule has 1 saturated heterocycles. The van der Waals surface area contributed by atoms with E-state index in [4.69, 9.17) is 4.42 Å². The monoisotopic (exact) mass is 402 g/mol. The van der Waals surface area contributed by atoms with Gasteiger partial charge in [-0.15, -0.1) is 11.3 Å². The Hall–Kier alpha value is -2.41. The number of ketones is 1. The Labute approximate surface area is 168 Å². The van der Waals surface area contributed by atoms with Crippen LogP contribution in [0.1, 0.15) is 61.9 Å². The van der Waals surface area contributed by atoms with Crippen LogP contribution in [0.25, 0.3) is 0 Å². The van der Waals surface area contributed by atoms with E-state index in [1.54, 1.807) is 22.3 Å². The van der Waals surface area contributed by atoms with Crippen LogP contribution in [0.2, 0.25) is 0 Å². The highest BCUT2D eigenvalue weighted by molar-refractivity contribution is 7.12. The molecule has 3 rings (SSSR count). The predicted octanol–water partition coefficient (Wildman–Crippen LogP) is 3.65. The zero-order valence-electron chi connectivity index (χ0n) is 16.5. The molecule has 2 aromatic heterocycles. The van der Waals surface area contributed by atoms with Crippen molar-refractivity contribution in [1.29, 1.82) is 0 Å². The Kier molecular flexibility index (Phi) is 6.34. The highest BCUT2D eigenvalue weighted by Crippen LogP contribution is 2.22. The van der Waals surface area contributed by atoms with E-state index in [0.29, 0.717) is 31.7 Å². The molecular weight excluding hydrogens is 376 g/mol. The summed E-state index contributed by atoms with van der Waals surface area (Å²) in [5.74, 6) is 0.172. The Morgan fingerprint density at radius 3 is 2.46 bits per heavy atom. The maximum Gasteiger partial charge on any atom is 0.287 e. The first-order valence-electron chi connectivity index (χ1n) is 9.58. The van der Waals surface area contributed by atoms with Gasteiger partial charge in [-0.1, -0.05) is 0 Å². The van der Waals surface area contributed by atoms with Gasteiger partial charge in [-0.05, 0) is 45.7 Å². The van der Waals surface area contributed by atoms with Crippen LogP contribution in [0, 0.1) is 20.8 Å². The van der Waals surface area contributed by atoms with Crippen molar-refractivity contribution in [3.05, 3.63) is 45.0 Å². The summed E-state index contributed by atoms with van der Waals surface area (Å²) in [6, 6.07) is 3.69. The molecule has 1 fully saturated rings. The van der Waals surface area contributed by atoms with Crippen LogP contribution in [0.15, 0.2) is 22.8 Å². The summed E-state index contributed by atoms with van der Waals surface area (Å²) < 4.78 is 5.22. The molecule has 3 heterocycles. The molecule has 1 aliphatic rings. The molecule has 0 atom stereocenters. The third-order valence-corrected chi connectivity index (χ3v) is 6.12. The van der Waals surface area contributed by atoms with Gasteiger partial charge in [0, 0.05) is 52.9 Å². The predicted molar refractivity (Wildman–Crippen MR) is 108 cm³/mol. The van der Waals surface area contributed by atoms with Gasteiger partial charge in [-0.3, -0.25) is 14.4 Å². The summed E-state index contributed by atoms with van der Waals surface area (Å²) in [6.07, 6.45) is 3.38. The van der Waals surface area contributed by atoms with E-state index in [1.165, 1.54) is 6.26 Å². The number of thiophene rings is 1. The number of furan rings is 1. The molecule has 0 aliphatic carbocycles. The molecule has 7 heteroatoms. The number of hydrogen-bond donors (Lipinski definition) is 1. The van der Waals surface area contributed by atoms with E-state index < -0.39 is 0 Å². The number of Topliss-reactive ketones (excluding diaryl/α,β-unsaturated/α-hetero) is 1. The van der Waals surface area contributed by atoms with Gasteiger partial charge in [0.15, 0.2) is 11.5 Å². The summed E-state index contributed by atoms with van der Waals surface area (Å²) in [4.78, 5) is 41.0. The van der Waals surface area contributed by atoms with Crippen molar-refractivity contribution in [2.45, 2.75) is 52.5 Å². The van der Waals surface area contributed by atoms with E-state index in [9.17, 15) is 14.4 Å². The molecule has 150 valence electrons. The Morgan fingerprint density at radius 2 is 1.89 bits per heavy atom. The molecule has 0 unspecified atom stereocenters. The lowest BCUT2D eigenvalue weighted by atomic mass is 10.0. The van der Waals surface area contributed by atoms with Crippen molar-refractivity contribution in [3.63, 3.8) is 0 Å². The van der Waals surface area contributed by atoms with Gasteiger partial charge in [0.1, 0.15) is 0 Å². The lowest BCUT2D eigenvalue weighted by Crippen LogP contribution is -2.46. The fourth-order valence-electron chi connectivity index (χ4n) is 3.55. The third kappa shape index (κ3) is 4.70. The summed E-state index contributed by atoms with van der Waals surface area (Å²) in [6.45, 7) is 6.93. The SMILES string of the molecule is Cc1cc(C(=O)CCC(=O)N2CCC(NC(=O)c3occc3C)CC2)c(C)s1. The number of aryl methyl sites for hydroxylation is 3. The van der Waals surface area contributed by atoms with E-state index in [-0.39, 0.29) is 36.5 Å². The second-order valence-electron chi connectivity index (χ2n) is 7.31. The maximum absolute atomic E-state index is 12.5. The van der Waals surface area contributed by atoms with Crippen LogP contribution < -0.4 is 5.32 Å². The first kappa shape index (κ1) is 20.3. The average Bonchev–Trinajstić information content (AvgIpc) is 3.24. The largest absolute Gasteiger partial charge is 0.459 e. The number of carbonyl (C=O) groups is 3. The Balaban J connectivity index is 1.43. The molecule has 0 saturated carbocycles. The minimum Gasteiger partial charge on any atom is -0.459 e. The number of rotatable bonds is 6. The van der Waals surface area contributed by atoms with Crippen molar-refractivity contribution < 1.29 is 18.8 Å². The van der Waals surface area contributed by atoms with Crippen LogP contribution >= 0.6 is 11.3 Å². The number of amides is 2. The van der Waals surface area contributed by atoms with Gasteiger partial charge in [-0.2, -0.15) is 0 Å². The zero-order chi connectivity index (χ0) is 20.3. The summed E-state index contributed by atoms with van der Waals surface area (Å²) in [5, 5.41) is 2.98. The highest BCUT2D eigenvalue weighted by atomic mass is 32.1. The lowest BCUT2D eigenvalue weighted by Gasteiger charge is -2.32. The molecule has 0 spiro atoms. The molecule has 1 aliphatic heterocycles. The Bertz CT molecular complexity index is 875. The van der Waals surface area contributed by atoms with Crippen LogP contribution in [-0.4, -0.2) is 41.6 Å². The number of nitrogens with zero attached hydrogens (tertiary/aromatic N) is 1. The molecule has 1 N–H and O–H groups in total. The summed E-state index contributed by atoms with van der Waals surface area (Å²) in [7, 11) is 0. The number of carbonyl (C=O) groups excluding carboxylic acids is 3. The standard InChI is InChI=1S/C21H26N2O4S/c1-13-8-11-27-20(13)21(26)22-16-6-9-23(10-7-16)19(25)5-4-18(24)17-12-14(2)28-15(17)3/h8,11-12,16H,4-7,9-10H2,1-3H3,(H,22,26). The van der Waals surface area contributed by atoms with E-state index in [2.05, 4.69) is 5.32 Å². The maximum atomic E-state index is 12.5. The van der Waals surface area contributed by atoms with Crippen LogP contribution in [0.5, 0.6) is 0 Å². The fourth-order valence-corrected chi connectivity index (χ4v) is 4.49. The van der Waals surface area contributed by atoms with Gasteiger partial charge in [0.2, 0.25) is 5.91 Å². The fraction of sp³-hybridized carbons (Fsp3) is 0.476. The normalized spacial score (nSPS) is 14.9. The average molecular weight is 403 g/mol. The first-order chi connectivity index (χ1) is 13.3. The molecule has 6 nitrogen and oxygen atoms in total. The van der Waals surface area contributed by atoms with Crippen LogP contribution in [0.3, 0.4) is 0 Å². The number of nitrogens with one attached hydrogen (secondary N) is 1. The molecule has 2 amide bonds. The summed E-state index contributed by atoms with van der Waals surface area (Å²) in [5.41, 5.74) is 1.55. The lowest BCUT2D eigenvalue weighted by molar-refractivity contribution is -0.132. The minimum atomic E-state index is -0.209. The smallest absolute Gasteiger partial charge is 0.287 e. The van der Waals surface area contributed by atoms with Gasteiger partial charge in [-0.25, -0.2) is 0 Å². The van der Waals surface area contributed by atoms with Gasteiger partial charge in [0.05, 0.1) is 6.26 Å². The van der Waals surface area contributed by atoms with E-state index >= 15 is 0 Å². The highest BCUT2D eigenvalue weighted by Gasteiger charge is 2.25. The molecular formula is C21H26N2O4S. The molecule has 0 bridgehead atoms. The van der Waals surface area contributed by atoms with Crippen molar-refractivity contribution in [1.82, 2.24) is 10.2 Å². The molecule has 0 aromatic carbocycles. The van der Waals surface area contributed by atoms with E-state index in [1.807, 2.05) is 26.8 Å². The van der Waals surface area contributed by atoms with Crippen molar-refractivity contribution in [2.24, 2.45) is 0 Å². The van der Waals surface area contributed by atoms with Crippen LogP contribution in [0.4, 0.5) is 0 Å². The van der Waals surface area contributed by atoms with Crippen molar-refractivity contribution in [2.75, 3.05) is 13.1 Å². The summed E-state index contributed by atoms with van der Waals surface area (Å²) >= 11 is 1.61. The third-order valence-electron chi connectivity index (χ3n) is 5.16. The molecule has 2 aromatic rings. The van der Waals surface area contributed by atoms with Gasteiger partial charge < -0.3 is 14.6 Å². The minimum absolute atomic E-state index is 0.00427. The van der Waals surface area contributed by atoms with E-state index in [0.717, 1.165) is 20.9 Å². The number of hydrogen-bond acceptors (Lipinski definition) is 5. The zero-order valence-corrected chi connectivity index (χ0v) is 17.4. The molecule has 28 heavy (non-hydrogen) atoms. The second kappa shape index (κ2) is 8.73. The molecule has 0 radical (unpaired) electrons. The van der Waals surface area contributed by atoms with Gasteiger partial charge in [0.25, 0.3) is 5.91 Å². The van der Waals surface area contributed by atoms with Crippen molar-refractivity contribution >= 4 is 28.9 Å². The topological polar surface area (TPSA) is 79.6 Å². The number of piperidine rings is 1.